The number of carbonyl (C=O) groups is 2. The first kappa shape index (κ1) is 26.5. The monoisotopic (exact) mass is 558 g/mol. The molecular weight excluding hydrogens is 536 g/mol. The van der Waals surface area contributed by atoms with Crippen molar-refractivity contribution in [2.45, 2.75) is 11.8 Å². The van der Waals surface area contributed by atoms with E-state index in [0.29, 0.717) is 43.6 Å². The summed E-state index contributed by atoms with van der Waals surface area (Å²) in [5.74, 6) is 1.06. The van der Waals surface area contributed by atoms with Crippen LogP contribution in [0.15, 0.2) is 59.1 Å². The van der Waals surface area contributed by atoms with Crippen molar-refractivity contribution in [3.63, 3.8) is 0 Å². The molecule has 0 spiro atoms. The lowest BCUT2D eigenvalue weighted by Crippen LogP contribution is -2.16. The highest BCUT2D eigenvalue weighted by Crippen LogP contribution is 2.37. The quantitative estimate of drug-likeness (QED) is 0.206. The first-order chi connectivity index (χ1) is 17.9. The summed E-state index contributed by atoms with van der Waals surface area (Å²) in [6, 6.07) is 14.5. The Labute approximate surface area is 226 Å². The van der Waals surface area contributed by atoms with Crippen LogP contribution in [0.25, 0.3) is 11.1 Å². The second-order valence-electron chi connectivity index (χ2n) is 7.59. The minimum absolute atomic E-state index is 0.0632. The van der Waals surface area contributed by atoms with Crippen molar-refractivity contribution in [2.75, 3.05) is 25.3 Å². The highest BCUT2D eigenvalue weighted by Gasteiger charge is 2.23. The van der Waals surface area contributed by atoms with Crippen LogP contribution in [0, 0.1) is 0 Å². The van der Waals surface area contributed by atoms with Crippen LogP contribution in [0.5, 0.6) is 11.5 Å². The summed E-state index contributed by atoms with van der Waals surface area (Å²) < 4.78 is 17.7. The fourth-order valence-electron chi connectivity index (χ4n) is 3.33. The maximum Gasteiger partial charge on any atom is 0.341 e. The zero-order chi connectivity index (χ0) is 26.4. The predicted molar refractivity (Wildman–Crippen MR) is 144 cm³/mol. The van der Waals surface area contributed by atoms with E-state index in [4.69, 9.17) is 25.8 Å². The third-order valence-corrected chi connectivity index (χ3v) is 7.51. The molecule has 0 radical (unpaired) electrons. The van der Waals surface area contributed by atoms with Gasteiger partial charge in [0.1, 0.15) is 28.7 Å². The van der Waals surface area contributed by atoms with Gasteiger partial charge in [-0.3, -0.25) is 4.79 Å². The molecule has 37 heavy (non-hydrogen) atoms. The number of para-hydroxylation sites is 1. The minimum Gasteiger partial charge on any atom is -0.497 e. The van der Waals surface area contributed by atoms with Crippen molar-refractivity contribution in [1.82, 2.24) is 14.8 Å². The topological polar surface area (TPSA) is 105 Å². The number of esters is 1. The van der Waals surface area contributed by atoms with Crippen molar-refractivity contribution in [3.05, 3.63) is 70.3 Å². The maximum absolute atomic E-state index is 12.8. The van der Waals surface area contributed by atoms with Crippen molar-refractivity contribution >= 4 is 51.6 Å². The van der Waals surface area contributed by atoms with Crippen molar-refractivity contribution in [2.24, 2.45) is 7.05 Å². The van der Waals surface area contributed by atoms with Gasteiger partial charge >= 0.3 is 5.97 Å². The number of aromatic nitrogens is 3. The average molecular weight is 559 g/mol. The summed E-state index contributed by atoms with van der Waals surface area (Å²) in [5.41, 5.74) is 1.77. The molecule has 0 aliphatic rings. The van der Waals surface area contributed by atoms with Gasteiger partial charge in [-0.2, -0.15) is 0 Å². The molecule has 0 aliphatic carbocycles. The van der Waals surface area contributed by atoms with Gasteiger partial charge in [0.25, 0.3) is 0 Å². The molecule has 12 heteroatoms. The number of methoxy groups -OCH3 is 2. The molecule has 0 unspecified atom stereocenters. The van der Waals surface area contributed by atoms with E-state index in [-0.39, 0.29) is 18.3 Å². The number of benzene rings is 2. The molecule has 0 saturated carbocycles. The standard InChI is InChI=1S/C25H23ClN4O5S2/c1-30-20(12-35-19-7-5-4-6-18(19)26)28-29-25(30)37-14-21(31)27-23-22(24(32)34-3)17(13-36-23)15-8-10-16(33-2)11-9-15/h4-11,13H,12,14H2,1-3H3,(H,27,31). The van der Waals surface area contributed by atoms with E-state index >= 15 is 0 Å². The van der Waals surface area contributed by atoms with Crippen LogP contribution in [0.4, 0.5) is 5.00 Å². The Hall–Kier alpha value is -3.54. The van der Waals surface area contributed by atoms with Gasteiger partial charge in [0.05, 0.1) is 25.0 Å². The van der Waals surface area contributed by atoms with E-state index in [1.807, 2.05) is 29.6 Å². The number of ether oxygens (including phenoxy) is 3. The lowest BCUT2D eigenvalue weighted by molar-refractivity contribution is -0.113. The molecule has 192 valence electrons. The smallest absolute Gasteiger partial charge is 0.341 e. The van der Waals surface area contributed by atoms with E-state index in [0.717, 1.165) is 5.56 Å². The molecule has 2 heterocycles. The number of hydrogen-bond donors (Lipinski definition) is 1. The molecule has 0 aliphatic heterocycles. The van der Waals surface area contributed by atoms with Crippen LogP contribution in [0.1, 0.15) is 16.2 Å². The second kappa shape index (κ2) is 12.1. The summed E-state index contributed by atoms with van der Waals surface area (Å²) in [6.07, 6.45) is 0. The van der Waals surface area contributed by atoms with E-state index in [9.17, 15) is 9.59 Å². The Bertz CT molecular complexity index is 1400. The summed E-state index contributed by atoms with van der Waals surface area (Å²) in [7, 11) is 4.68. The van der Waals surface area contributed by atoms with Crippen LogP contribution in [-0.4, -0.2) is 46.6 Å². The van der Waals surface area contributed by atoms with E-state index in [1.165, 1.54) is 30.2 Å². The lowest BCUT2D eigenvalue weighted by atomic mass is 10.0. The summed E-state index contributed by atoms with van der Waals surface area (Å²) >= 11 is 8.60. The number of anilines is 1. The number of nitrogens with one attached hydrogen (secondary N) is 1. The van der Waals surface area contributed by atoms with Gasteiger partial charge < -0.3 is 24.1 Å². The average Bonchev–Trinajstić information content (AvgIpc) is 3.49. The molecule has 9 nitrogen and oxygen atoms in total. The number of thioether (sulfide) groups is 1. The third kappa shape index (κ3) is 6.24. The maximum atomic E-state index is 12.8. The Kier molecular flexibility index (Phi) is 8.70. The Morgan fingerprint density at radius 2 is 1.86 bits per heavy atom. The summed E-state index contributed by atoms with van der Waals surface area (Å²) in [5, 5.41) is 14.4. The largest absolute Gasteiger partial charge is 0.497 e. The van der Waals surface area contributed by atoms with Gasteiger partial charge in [-0.25, -0.2) is 4.79 Å². The van der Waals surface area contributed by atoms with Gasteiger partial charge in [-0.05, 0) is 29.8 Å². The SMILES string of the molecule is COC(=O)c1c(-c2ccc(OC)cc2)csc1NC(=O)CSc1nnc(COc2ccccc2Cl)n1C. The molecule has 2 aromatic heterocycles. The first-order valence-electron chi connectivity index (χ1n) is 10.9. The number of nitrogens with zero attached hydrogens (tertiary/aromatic N) is 3. The van der Waals surface area contributed by atoms with Crippen LogP contribution in [0.2, 0.25) is 5.02 Å². The Morgan fingerprint density at radius 3 is 2.57 bits per heavy atom. The van der Waals surface area contributed by atoms with Crippen LogP contribution >= 0.6 is 34.7 Å². The fraction of sp³-hybridized carbons (Fsp3) is 0.200. The van der Waals surface area contributed by atoms with Crippen LogP contribution < -0.4 is 14.8 Å². The minimum atomic E-state index is -0.536. The van der Waals surface area contributed by atoms with Gasteiger partial charge in [0, 0.05) is 18.0 Å². The number of rotatable bonds is 10. The van der Waals surface area contributed by atoms with Gasteiger partial charge in [0.2, 0.25) is 5.91 Å². The molecule has 1 N–H and O–H groups in total. The normalized spacial score (nSPS) is 10.7. The van der Waals surface area contributed by atoms with Crippen LogP contribution in [-0.2, 0) is 23.2 Å². The third-order valence-electron chi connectivity index (χ3n) is 5.29. The highest BCUT2D eigenvalue weighted by atomic mass is 35.5. The molecule has 1 amide bonds. The van der Waals surface area contributed by atoms with E-state index in [1.54, 1.807) is 43.0 Å². The van der Waals surface area contributed by atoms with E-state index < -0.39 is 5.97 Å². The highest BCUT2D eigenvalue weighted by molar-refractivity contribution is 7.99. The summed E-state index contributed by atoms with van der Waals surface area (Å²) in [6.45, 7) is 0.172. The Balaban J connectivity index is 1.41. The zero-order valence-corrected chi connectivity index (χ0v) is 22.6. The van der Waals surface area contributed by atoms with Crippen molar-refractivity contribution in [1.29, 1.82) is 0 Å². The fourth-order valence-corrected chi connectivity index (χ4v) is 5.22. The van der Waals surface area contributed by atoms with Gasteiger partial charge in [-0.15, -0.1) is 21.5 Å². The number of thiophene rings is 1. The number of halogens is 1. The molecule has 0 fully saturated rings. The Morgan fingerprint density at radius 1 is 1.11 bits per heavy atom. The molecule has 2 aromatic carbocycles. The zero-order valence-electron chi connectivity index (χ0n) is 20.2. The number of amides is 1. The lowest BCUT2D eigenvalue weighted by Gasteiger charge is -2.09. The van der Waals surface area contributed by atoms with Gasteiger partial charge in [0.15, 0.2) is 11.0 Å². The predicted octanol–water partition coefficient (Wildman–Crippen LogP) is 5.30. The molecule has 0 atom stereocenters. The molecule has 4 rings (SSSR count). The number of hydrogen-bond acceptors (Lipinski definition) is 9. The first-order valence-corrected chi connectivity index (χ1v) is 13.2. The van der Waals surface area contributed by atoms with Crippen LogP contribution in [0.3, 0.4) is 0 Å². The molecular formula is C25H23ClN4O5S2. The van der Waals surface area contributed by atoms with Gasteiger partial charge in [-0.1, -0.05) is 47.6 Å². The summed E-state index contributed by atoms with van der Waals surface area (Å²) in [4.78, 5) is 25.3. The second-order valence-corrected chi connectivity index (χ2v) is 9.82. The van der Waals surface area contributed by atoms with E-state index in [2.05, 4.69) is 15.5 Å². The van der Waals surface area contributed by atoms with Crippen molar-refractivity contribution in [3.8, 4) is 22.6 Å². The number of carbonyl (C=O) groups excluding carboxylic acids is 2. The van der Waals surface area contributed by atoms with Crippen molar-refractivity contribution < 1.29 is 23.8 Å². The molecule has 4 aromatic rings. The molecule has 0 bridgehead atoms. The molecule has 0 saturated heterocycles.